The highest BCUT2D eigenvalue weighted by atomic mass is 16.3. The maximum absolute atomic E-state index is 10.2. The lowest BCUT2D eigenvalue weighted by Gasteiger charge is -2.43. The Hall–Kier alpha value is -0.0400. The highest BCUT2D eigenvalue weighted by Gasteiger charge is 2.50. The monoisotopic (exact) mass is 266 g/mol. The van der Waals surface area contributed by atoms with Gasteiger partial charge in [-0.1, -0.05) is 47.0 Å². The standard InChI is InChI=1S/C18H34O/c1-17(2,3)12-6-5-8-14-10-11-15-16(19)9-7-13-18(14,15)4/h14-16,19H,5-13H2,1-4H3. The van der Waals surface area contributed by atoms with E-state index in [9.17, 15) is 5.11 Å². The molecule has 19 heavy (non-hydrogen) atoms. The van der Waals surface area contributed by atoms with Crippen molar-refractivity contribution in [2.24, 2.45) is 22.7 Å². The zero-order valence-electron chi connectivity index (χ0n) is 13.5. The van der Waals surface area contributed by atoms with Crippen molar-refractivity contribution >= 4 is 0 Å². The molecule has 4 atom stereocenters. The van der Waals surface area contributed by atoms with Crippen LogP contribution in [-0.2, 0) is 0 Å². The van der Waals surface area contributed by atoms with Gasteiger partial charge in [0, 0.05) is 0 Å². The number of aliphatic hydroxyl groups is 1. The van der Waals surface area contributed by atoms with E-state index >= 15 is 0 Å². The minimum absolute atomic E-state index is 0.00155. The van der Waals surface area contributed by atoms with Crippen LogP contribution < -0.4 is 0 Å². The summed E-state index contributed by atoms with van der Waals surface area (Å²) in [5.41, 5.74) is 0.947. The van der Waals surface area contributed by atoms with Crippen LogP contribution in [0.2, 0.25) is 0 Å². The third-order valence-electron chi connectivity index (χ3n) is 6.01. The Kier molecular flexibility index (Phi) is 4.65. The molecule has 4 unspecified atom stereocenters. The Morgan fingerprint density at radius 2 is 1.84 bits per heavy atom. The minimum atomic E-state index is -0.00155. The van der Waals surface area contributed by atoms with Crippen molar-refractivity contribution in [3.8, 4) is 0 Å². The van der Waals surface area contributed by atoms with E-state index in [1.807, 2.05) is 0 Å². The fourth-order valence-electron chi connectivity index (χ4n) is 4.78. The zero-order valence-corrected chi connectivity index (χ0v) is 13.5. The van der Waals surface area contributed by atoms with Crippen molar-refractivity contribution in [3.63, 3.8) is 0 Å². The lowest BCUT2D eigenvalue weighted by molar-refractivity contribution is -0.0187. The first-order chi connectivity index (χ1) is 8.83. The first kappa shape index (κ1) is 15.4. The number of fused-ring (bicyclic) bond motifs is 1. The Labute approximate surface area is 120 Å². The molecule has 0 amide bonds. The van der Waals surface area contributed by atoms with Gasteiger partial charge in [-0.2, -0.15) is 0 Å². The molecule has 2 rings (SSSR count). The fraction of sp³-hybridized carbons (Fsp3) is 1.00. The number of hydrogen-bond acceptors (Lipinski definition) is 1. The molecule has 2 fully saturated rings. The van der Waals surface area contributed by atoms with Crippen LogP contribution in [0.3, 0.4) is 0 Å². The van der Waals surface area contributed by atoms with Crippen LogP contribution in [0.1, 0.15) is 85.5 Å². The predicted octanol–water partition coefficient (Wildman–Crippen LogP) is 5.17. The minimum Gasteiger partial charge on any atom is -0.393 e. The van der Waals surface area contributed by atoms with E-state index in [1.54, 1.807) is 0 Å². The summed E-state index contributed by atoms with van der Waals surface area (Å²) in [4.78, 5) is 0. The molecule has 0 aromatic heterocycles. The molecule has 1 heteroatoms. The molecule has 0 radical (unpaired) electrons. The number of rotatable bonds is 4. The highest BCUT2D eigenvalue weighted by Crippen LogP contribution is 2.56. The van der Waals surface area contributed by atoms with E-state index in [4.69, 9.17) is 0 Å². The molecule has 0 aliphatic heterocycles. The molecular weight excluding hydrogens is 232 g/mol. The van der Waals surface area contributed by atoms with Crippen LogP contribution in [0.25, 0.3) is 0 Å². The van der Waals surface area contributed by atoms with Gasteiger partial charge in [-0.05, 0) is 61.2 Å². The summed E-state index contributed by atoms with van der Waals surface area (Å²) in [6.07, 6.45) is 11.8. The average molecular weight is 266 g/mol. The molecule has 2 saturated carbocycles. The first-order valence-electron chi connectivity index (χ1n) is 8.51. The molecule has 2 aliphatic carbocycles. The fourth-order valence-corrected chi connectivity index (χ4v) is 4.78. The van der Waals surface area contributed by atoms with E-state index in [0.717, 1.165) is 12.3 Å². The van der Waals surface area contributed by atoms with E-state index in [-0.39, 0.29) is 6.10 Å². The third-order valence-corrected chi connectivity index (χ3v) is 6.01. The van der Waals surface area contributed by atoms with Crippen LogP contribution in [0.15, 0.2) is 0 Å². The van der Waals surface area contributed by atoms with Crippen LogP contribution in [-0.4, -0.2) is 11.2 Å². The lowest BCUT2D eigenvalue weighted by atomic mass is 9.63. The van der Waals surface area contributed by atoms with E-state index in [0.29, 0.717) is 16.7 Å². The van der Waals surface area contributed by atoms with Crippen molar-refractivity contribution in [3.05, 3.63) is 0 Å². The van der Waals surface area contributed by atoms with Crippen LogP contribution in [0, 0.1) is 22.7 Å². The maximum atomic E-state index is 10.2. The van der Waals surface area contributed by atoms with Crippen LogP contribution in [0.5, 0.6) is 0 Å². The van der Waals surface area contributed by atoms with Gasteiger partial charge < -0.3 is 5.11 Å². The first-order valence-corrected chi connectivity index (χ1v) is 8.51. The Morgan fingerprint density at radius 1 is 1.11 bits per heavy atom. The molecule has 1 nitrogen and oxygen atoms in total. The van der Waals surface area contributed by atoms with Gasteiger partial charge in [0.05, 0.1) is 6.10 Å². The van der Waals surface area contributed by atoms with Gasteiger partial charge in [0.15, 0.2) is 0 Å². The largest absolute Gasteiger partial charge is 0.393 e. The van der Waals surface area contributed by atoms with E-state index < -0.39 is 0 Å². The van der Waals surface area contributed by atoms with Gasteiger partial charge in [0.2, 0.25) is 0 Å². The summed E-state index contributed by atoms with van der Waals surface area (Å²) in [7, 11) is 0. The molecular formula is C18H34O. The van der Waals surface area contributed by atoms with Gasteiger partial charge in [0.25, 0.3) is 0 Å². The molecule has 1 N–H and O–H groups in total. The molecule has 0 saturated heterocycles. The van der Waals surface area contributed by atoms with Crippen molar-refractivity contribution in [2.45, 2.75) is 91.6 Å². The van der Waals surface area contributed by atoms with Crippen molar-refractivity contribution in [1.82, 2.24) is 0 Å². The molecule has 2 aliphatic rings. The summed E-state index contributed by atoms with van der Waals surface area (Å²) in [6.45, 7) is 9.51. The summed E-state index contributed by atoms with van der Waals surface area (Å²) >= 11 is 0. The Morgan fingerprint density at radius 3 is 2.53 bits per heavy atom. The number of unbranched alkanes of at least 4 members (excludes halogenated alkanes) is 1. The van der Waals surface area contributed by atoms with Gasteiger partial charge >= 0.3 is 0 Å². The summed E-state index contributed by atoms with van der Waals surface area (Å²) < 4.78 is 0. The molecule has 0 aromatic carbocycles. The summed E-state index contributed by atoms with van der Waals surface area (Å²) in [5.74, 6) is 1.49. The third kappa shape index (κ3) is 3.54. The molecule has 0 bridgehead atoms. The maximum Gasteiger partial charge on any atom is 0.0573 e. The number of aliphatic hydroxyl groups excluding tert-OH is 1. The van der Waals surface area contributed by atoms with E-state index in [1.165, 1.54) is 51.4 Å². The summed E-state index contributed by atoms with van der Waals surface area (Å²) in [5, 5.41) is 10.2. The van der Waals surface area contributed by atoms with E-state index in [2.05, 4.69) is 27.7 Å². The average Bonchev–Trinajstić information content (AvgIpc) is 2.62. The molecule has 0 aromatic rings. The molecule has 112 valence electrons. The molecule has 0 spiro atoms. The van der Waals surface area contributed by atoms with Gasteiger partial charge in [-0.25, -0.2) is 0 Å². The van der Waals surface area contributed by atoms with Crippen molar-refractivity contribution in [1.29, 1.82) is 0 Å². The number of hydrogen-bond donors (Lipinski definition) is 1. The van der Waals surface area contributed by atoms with Gasteiger partial charge in [0.1, 0.15) is 0 Å². The van der Waals surface area contributed by atoms with Crippen molar-refractivity contribution < 1.29 is 5.11 Å². The second-order valence-electron chi connectivity index (χ2n) is 8.65. The van der Waals surface area contributed by atoms with Crippen LogP contribution >= 0.6 is 0 Å². The lowest BCUT2D eigenvalue weighted by Crippen LogP contribution is -2.39. The van der Waals surface area contributed by atoms with Crippen LogP contribution in [0.4, 0.5) is 0 Å². The SMILES string of the molecule is CC(C)(C)CCCCC1CCC2C(O)CCCC12C. The highest BCUT2D eigenvalue weighted by molar-refractivity contribution is 5.00. The topological polar surface area (TPSA) is 20.2 Å². The van der Waals surface area contributed by atoms with Gasteiger partial charge in [-0.15, -0.1) is 0 Å². The smallest absolute Gasteiger partial charge is 0.0573 e. The normalized spacial score (nSPS) is 39.3. The Balaban J connectivity index is 1.81. The Bertz CT molecular complexity index is 291. The second-order valence-corrected chi connectivity index (χ2v) is 8.65. The predicted molar refractivity (Wildman–Crippen MR) is 82.1 cm³/mol. The zero-order chi connectivity index (χ0) is 14.1. The molecule has 0 heterocycles. The quantitative estimate of drug-likeness (QED) is 0.696. The van der Waals surface area contributed by atoms with Crippen molar-refractivity contribution in [2.75, 3.05) is 0 Å². The second kappa shape index (κ2) is 5.76. The summed E-state index contributed by atoms with van der Waals surface area (Å²) in [6, 6.07) is 0. The van der Waals surface area contributed by atoms with Gasteiger partial charge in [-0.3, -0.25) is 0 Å².